The summed E-state index contributed by atoms with van der Waals surface area (Å²) in [6.45, 7) is 1.61. The molecule has 0 aliphatic carbocycles. The third-order valence-electron chi connectivity index (χ3n) is 4.47. The molecule has 128 valence electrons. The van der Waals surface area contributed by atoms with Crippen molar-refractivity contribution in [2.45, 2.75) is 6.10 Å². The largest absolute Gasteiger partial charge is 0.497 e. The van der Waals surface area contributed by atoms with Crippen molar-refractivity contribution in [1.29, 1.82) is 0 Å². The number of nitrogens with one attached hydrogen (secondary N) is 1. The Balaban J connectivity index is 1.56. The third kappa shape index (κ3) is 3.08. The summed E-state index contributed by atoms with van der Waals surface area (Å²) in [6.07, 6.45) is 3.37. The number of methoxy groups -OCH3 is 1. The van der Waals surface area contributed by atoms with E-state index in [0.717, 1.165) is 22.2 Å². The summed E-state index contributed by atoms with van der Waals surface area (Å²) in [5, 5.41) is 0.958. The van der Waals surface area contributed by atoms with Crippen LogP contribution in [0.1, 0.15) is 22.2 Å². The highest BCUT2D eigenvalue weighted by atomic mass is 16.5. The lowest BCUT2D eigenvalue weighted by Gasteiger charge is -2.32. The fraction of sp³-hybridized carbons (Fsp3) is 0.263. The average molecular weight is 337 g/mol. The summed E-state index contributed by atoms with van der Waals surface area (Å²) >= 11 is 0. The highest BCUT2D eigenvalue weighted by molar-refractivity contribution is 5.98. The number of fused-ring (bicyclic) bond motifs is 1. The van der Waals surface area contributed by atoms with E-state index in [-0.39, 0.29) is 12.0 Å². The minimum absolute atomic E-state index is 0.0210. The van der Waals surface area contributed by atoms with Crippen LogP contribution in [-0.2, 0) is 4.74 Å². The summed E-state index contributed by atoms with van der Waals surface area (Å²) in [5.41, 5.74) is 2.48. The molecule has 0 bridgehead atoms. The monoisotopic (exact) mass is 337 g/mol. The zero-order valence-electron chi connectivity index (χ0n) is 13.9. The Labute approximate surface area is 145 Å². The lowest BCUT2D eigenvalue weighted by Crippen LogP contribution is -2.42. The van der Waals surface area contributed by atoms with E-state index in [2.05, 4.69) is 9.97 Å². The van der Waals surface area contributed by atoms with Gasteiger partial charge in [-0.25, -0.2) is 0 Å². The molecule has 0 spiro atoms. The van der Waals surface area contributed by atoms with Gasteiger partial charge in [-0.05, 0) is 30.3 Å². The number of morpholine rings is 1. The first kappa shape index (κ1) is 15.7. The molecule has 0 unspecified atom stereocenters. The Morgan fingerprint density at radius 3 is 3.08 bits per heavy atom. The van der Waals surface area contributed by atoms with E-state index in [4.69, 9.17) is 9.47 Å². The van der Waals surface area contributed by atoms with Crippen molar-refractivity contribution in [2.24, 2.45) is 0 Å². The number of rotatable bonds is 3. The van der Waals surface area contributed by atoms with Crippen LogP contribution in [0.5, 0.6) is 5.75 Å². The molecule has 1 atom stereocenters. The molecule has 0 saturated carbocycles. The smallest absolute Gasteiger partial charge is 0.270 e. The number of carbonyl (C=O) groups excluding carboxylic acids is 1. The number of ether oxygens (including phenoxy) is 2. The van der Waals surface area contributed by atoms with Crippen LogP contribution in [-0.4, -0.2) is 47.6 Å². The number of benzene rings is 1. The van der Waals surface area contributed by atoms with E-state index in [1.54, 1.807) is 19.5 Å². The minimum Gasteiger partial charge on any atom is -0.497 e. The van der Waals surface area contributed by atoms with Crippen LogP contribution in [0.4, 0.5) is 0 Å². The topological polar surface area (TPSA) is 67.5 Å². The third-order valence-corrected chi connectivity index (χ3v) is 4.47. The van der Waals surface area contributed by atoms with Crippen LogP contribution in [0, 0.1) is 0 Å². The van der Waals surface area contributed by atoms with Crippen molar-refractivity contribution in [3.8, 4) is 5.75 Å². The number of carbonyl (C=O) groups is 1. The van der Waals surface area contributed by atoms with E-state index in [9.17, 15) is 4.79 Å². The van der Waals surface area contributed by atoms with E-state index in [1.807, 2.05) is 41.3 Å². The summed E-state index contributed by atoms with van der Waals surface area (Å²) in [4.78, 5) is 22.0. The number of pyridine rings is 1. The predicted molar refractivity (Wildman–Crippen MR) is 93.7 cm³/mol. The molecule has 1 saturated heterocycles. The van der Waals surface area contributed by atoms with Crippen LogP contribution < -0.4 is 4.74 Å². The number of aromatic amines is 1. The molecule has 6 nitrogen and oxygen atoms in total. The van der Waals surface area contributed by atoms with Crippen molar-refractivity contribution in [2.75, 3.05) is 26.8 Å². The van der Waals surface area contributed by atoms with E-state index in [1.165, 1.54) is 0 Å². The molecule has 6 heteroatoms. The van der Waals surface area contributed by atoms with E-state index >= 15 is 0 Å². The maximum absolute atomic E-state index is 12.9. The van der Waals surface area contributed by atoms with Gasteiger partial charge in [-0.2, -0.15) is 0 Å². The Bertz CT molecular complexity index is 891. The van der Waals surface area contributed by atoms with Gasteiger partial charge in [0.1, 0.15) is 17.5 Å². The SMILES string of the molecule is COc1ccc2[nH]c(C(=O)N3CCO[C@@H](c4cccnc4)C3)cc2c1. The first-order valence-corrected chi connectivity index (χ1v) is 8.22. The molecule has 1 aliphatic heterocycles. The van der Waals surface area contributed by atoms with E-state index < -0.39 is 0 Å². The highest BCUT2D eigenvalue weighted by Crippen LogP contribution is 2.25. The number of H-pyrrole nitrogens is 1. The van der Waals surface area contributed by atoms with Gasteiger partial charge in [-0.1, -0.05) is 6.07 Å². The second kappa shape index (κ2) is 6.57. The van der Waals surface area contributed by atoms with Gasteiger partial charge >= 0.3 is 0 Å². The molecule has 1 N–H and O–H groups in total. The van der Waals surface area contributed by atoms with E-state index in [0.29, 0.717) is 25.4 Å². The Morgan fingerprint density at radius 1 is 1.36 bits per heavy atom. The molecule has 0 radical (unpaired) electrons. The van der Waals surface area contributed by atoms with Gasteiger partial charge in [0.05, 0.1) is 20.3 Å². The number of aromatic nitrogens is 2. The second-order valence-corrected chi connectivity index (χ2v) is 6.03. The van der Waals surface area contributed by atoms with Gasteiger partial charge in [-0.3, -0.25) is 9.78 Å². The number of hydrogen-bond acceptors (Lipinski definition) is 4. The maximum Gasteiger partial charge on any atom is 0.270 e. The number of nitrogens with zero attached hydrogens (tertiary/aromatic N) is 2. The van der Waals surface area contributed by atoms with Crippen molar-refractivity contribution in [1.82, 2.24) is 14.9 Å². The molecule has 3 heterocycles. The lowest BCUT2D eigenvalue weighted by molar-refractivity contribution is -0.0231. The normalized spacial score (nSPS) is 17.6. The van der Waals surface area contributed by atoms with Crippen LogP contribution in [0.2, 0.25) is 0 Å². The molecule has 3 aromatic rings. The van der Waals surface area contributed by atoms with Gasteiger partial charge in [0.25, 0.3) is 5.91 Å². The van der Waals surface area contributed by atoms with Gasteiger partial charge in [0, 0.05) is 35.4 Å². The van der Waals surface area contributed by atoms with Crippen LogP contribution in [0.15, 0.2) is 48.8 Å². The van der Waals surface area contributed by atoms with Crippen molar-refractivity contribution in [3.05, 3.63) is 60.0 Å². The molecule has 1 fully saturated rings. The fourth-order valence-corrected chi connectivity index (χ4v) is 3.13. The van der Waals surface area contributed by atoms with Crippen molar-refractivity contribution < 1.29 is 14.3 Å². The first-order chi connectivity index (χ1) is 12.2. The summed E-state index contributed by atoms with van der Waals surface area (Å²) < 4.78 is 11.0. The first-order valence-electron chi connectivity index (χ1n) is 8.22. The van der Waals surface area contributed by atoms with Crippen LogP contribution in [0.3, 0.4) is 0 Å². The summed E-state index contributed by atoms with van der Waals surface area (Å²) in [6, 6.07) is 11.4. The molecular formula is C19H19N3O3. The van der Waals surface area contributed by atoms with Crippen molar-refractivity contribution >= 4 is 16.8 Å². The van der Waals surface area contributed by atoms with Gasteiger partial charge < -0.3 is 19.4 Å². The zero-order valence-corrected chi connectivity index (χ0v) is 13.9. The average Bonchev–Trinajstić information content (AvgIpc) is 3.11. The van der Waals surface area contributed by atoms with Crippen LogP contribution in [0.25, 0.3) is 10.9 Å². The molecule has 2 aromatic heterocycles. The Hall–Kier alpha value is -2.86. The lowest BCUT2D eigenvalue weighted by atomic mass is 10.1. The Morgan fingerprint density at radius 2 is 2.28 bits per heavy atom. The number of amides is 1. The standard InChI is InChI=1S/C19H19N3O3/c1-24-15-4-5-16-14(9-15)10-17(21-16)19(23)22-7-8-25-18(12-22)13-3-2-6-20-11-13/h2-6,9-11,18,21H,7-8,12H2,1H3/t18-/m1/s1. The van der Waals surface area contributed by atoms with Crippen molar-refractivity contribution in [3.63, 3.8) is 0 Å². The molecule has 4 rings (SSSR count). The van der Waals surface area contributed by atoms with Gasteiger partial charge in [-0.15, -0.1) is 0 Å². The Kier molecular flexibility index (Phi) is 4.11. The van der Waals surface area contributed by atoms with Gasteiger partial charge in [0.2, 0.25) is 0 Å². The predicted octanol–water partition coefficient (Wildman–Crippen LogP) is 2.79. The number of hydrogen-bond donors (Lipinski definition) is 1. The highest BCUT2D eigenvalue weighted by Gasteiger charge is 2.27. The molecule has 1 aliphatic rings. The quantitative estimate of drug-likeness (QED) is 0.798. The summed E-state index contributed by atoms with van der Waals surface area (Å²) in [7, 11) is 1.63. The molecule has 1 amide bonds. The molecule has 25 heavy (non-hydrogen) atoms. The van der Waals surface area contributed by atoms with Crippen LogP contribution >= 0.6 is 0 Å². The molecule has 1 aromatic carbocycles. The molecular weight excluding hydrogens is 318 g/mol. The summed E-state index contributed by atoms with van der Waals surface area (Å²) in [5.74, 6) is 0.751. The second-order valence-electron chi connectivity index (χ2n) is 6.03. The fourth-order valence-electron chi connectivity index (χ4n) is 3.13. The maximum atomic E-state index is 12.9. The zero-order chi connectivity index (χ0) is 17.2. The van der Waals surface area contributed by atoms with Gasteiger partial charge in [0.15, 0.2) is 0 Å². The minimum atomic E-state index is -0.143.